The van der Waals surface area contributed by atoms with Gasteiger partial charge in [-0.05, 0) is 36.6 Å². The maximum absolute atomic E-state index is 5.81. The highest BCUT2D eigenvalue weighted by molar-refractivity contribution is 5.79. The zero-order valence-corrected chi connectivity index (χ0v) is 15.7. The average Bonchev–Trinajstić information content (AvgIpc) is 2.69. The summed E-state index contributed by atoms with van der Waals surface area (Å²) in [4.78, 5) is 4.65. The van der Waals surface area contributed by atoms with Gasteiger partial charge in [-0.15, -0.1) is 0 Å². The molecule has 5 nitrogen and oxygen atoms in total. The second-order valence-corrected chi connectivity index (χ2v) is 5.89. The molecule has 0 aliphatic heterocycles. The van der Waals surface area contributed by atoms with Crippen LogP contribution in [0.3, 0.4) is 0 Å². The van der Waals surface area contributed by atoms with E-state index in [9.17, 15) is 0 Å². The number of benzene rings is 2. The van der Waals surface area contributed by atoms with E-state index >= 15 is 0 Å². The van der Waals surface area contributed by atoms with Gasteiger partial charge in [-0.25, -0.2) is 4.99 Å². The Kier molecular flexibility index (Phi) is 9.08. The van der Waals surface area contributed by atoms with E-state index in [1.165, 1.54) is 0 Å². The van der Waals surface area contributed by atoms with E-state index in [1.807, 2.05) is 36.4 Å². The number of methoxy groups -OCH3 is 1. The molecule has 0 fully saturated rings. The second kappa shape index (κ2) is 11.9. The van der Waals surface area contributed by atoms with Crippen LogP contribution in [0.1, 0.15) is 24.5 Å². The van der Waals surface area contributed by atoms with Crippen molar-refractivity contribution in [3.05, 3.63) is 65.7 Å². The van der Waals surface area contributed by atoms with Crippen LogP contribution in [0.4, 0.5) is 0 Å². The van der Waals surface area contributed by atoms with E-state index in [2.05, 4.69) is 40.7 Å². The summed E-state index contributed by atoms with van der Waals surface area (Å²) in [6, 6.07) is 18.2. The molecule has 0 spiro atoms. The van der Waals surface area contributed by atoms with E-state index in [-0.39, 0.29) is 0 Å². The lowest BCUT2D eigenvalue weighted by Crippen LogP contribution is -2.38. The highest BCUT2D eigenvalue weighted by Gasteiger charge is 2.00. The van der Waals surface area contributed by atoms with Crippen LogP contribution in [0.25, 0.3) is 0 Å². The number of para-hydroxylation sites is 1. The number of ether oxygens (including phenoxy) is 2. The van der Waals surface area contributed by atoms with Gasteiger partial charge < -0.3 is 20.1 Å². The lowest BCUT2D eigenvalue weighted by atomic mass is 10.1. The van der Waals surface area contributed by atoms with Gasteiger partial charge in [-0.3, -0.25) is 0 Å². The van der Waals surface area contributed by atoms with Crippen LogP contribution in [0.2, 0.25) is 0 Å². The number of hydrogen-bond donors (Lipinski definition) is 2. The molecule has 0 saturated heterocycles. The average molecular weight is 355 g/mol. The molecule has 5 heteroatoms. The maximum atomic E-state index is 5.81. The molecular formula is C21H29N3O2. The SMILES string of the molecule is CCNC(=NCc1cccc(COc2ccccc2)c1)NCCCOC. The minimum absolute atomic E-state index is 0.552. The molecule has 0 amide bonds. The van der Waals surface area contributed by atoms with Crippen LogP contribution in [0, 0.1) is 0 Å². The fourth-order valence-corrected chi connectivity index (χ4v) is 2.44. The molecule has 0 unspecified atom stereocenters. The van der Waals surface area contributed by atoms with Gasteiger partial charge in [0.1, 0.15) is 12.4 Å². The maximum Gasteiger partial charge on any atom is 0.191 e. The lowest BCUT2D eigenvalue weighted by Gasteiger charge is -2.11. The van der Waals surface area contributed by atoms with Gasteiger partial charge in [0.15, 0.2) is 5.96 Å². The number of nitrogens with one attached hydrogen (secondary N) is 2. The second-order valence-electron chi connectivity index (χ2n) is 5.89. The van der Waals surface area contributed by atoms with Crippen LogP contribution < -0.4 is 15.4 Å². The van der Waals surface area contributed by atoms with E-state index in [0.717, 1.165) is 49.0 Å². The quantitative estimate of drug-likeness (QED) is 0.390. The molecule has 0 heterocycles. The first kappa shape index (κ1) is 19.8. The zero-order chi connectivity index (χ0) is 18.5. The van der Waals surface area contributed by atoms with Crippen LogP contribution in [0.15, 0.2) is 59.6 Å². The van der Waals surface area contributed by atoms with Crippen molar-refractivity contribution in [1.82, 2.24) is 10.6 Å². The molecule has 0 bridgehead atoms. The fraction of sp³-hybridized carbons (Fsp3) is 0.381. The van der Waals surface area contributed by atoms with E-state index in [1.54, 1.807) is 7.11 Å². The number of hydrogen-bond acceptors (Lipinski definition) is 3. The lowest BCUT2D eigenvalue weighted by molar-refractivity contribution is 0.195. The Morgan fingerprint density at radius 1 is 1.00 bits per heavy atom. The molecule has 2 aromatic carbocycles. The Balaban J connectivity index is 1.88. The molecule has 0 saturated carbocycles. The predicted octanol–water partition coefficient (Wildman–Crippen LogP) is 3.36. The molecule has 0 radical (unpaired) electrons. The summed E-state index contributed by atoms with van der Waals surface area (Å²) in [5, 5.41) is 6.59. The first-order chi connectivity index (χ1) is 12.8. The van der Waals surface area contributed by atoms with Gasteiger partial charge in [-0.1, -0.05) is 42.5 Å². The largest absolute Gasteiger partial charge is 0.489 e. The summed E-state index contributed by atoms with van der Waals surface area (Å²) < 4.78 is 10.9. The van der Waals surface area contributed by atoms with Crippen molar-refractivity contribution in [2.24, 2.45) is 4.99 Å². The minimum Gasteiger partial charge on any atom is -0.489 e. The Bertz CT molecular complexity index is 659. The molecule has 2 N–H and O–H groups in total. The van der Waals surface area contributed by atoms with Crippen molar-refractivity contribution in [2.45, 2.75) is 26.5 Å². The first-order valence-electron chi connectivity index (χ1n) is 9.08. The molecule has 0 aromatic heterocycles. The monoisotopic (exact) mass is 355 g/mol. The van der Waals surface area contributed by atoms with Gasteiger partial charge in [0, 0.05) is 26.8 Å². The van der Waals surface area contributed by atoms with E-state index < -0.39 is 0 Å². The molecule has 2 aromatic rings. The van der Waals surface area contributed by atoms with Gasteiger partial charge in [0.25, 0.3) is 0 Å². The Morgan fingerprint density at radius 2 is 1.81 bits per heavy atom. The molecule has 0 aliphatic rings. The van der Waals surface area contributed by atoms with Crippen LogP contribution in [-0.2, 0) is 17.9 Å². The fourth-order valence-electron chi connectivity index (χ4n) is 2.44. The molecular weight excluding hydrogens is 326 g/mol. The number of guanidine groups is 1. The van der Waals surface area contributed by atoms with Crippen molar-refractivity contribution < 1.29 is 9.47 Å². The van der Waals surface area contributed by atoms with Crippen LogP contribution in [-0.4, -0.2) is 32.8 Å². The van der Waals surface area contributed by atoms with Gasteiger partial charge in [0.05, 0.1) is 6.54 Å². The van der Waals surface area contributed by atoms with Crippen LogP contribution >= 0.6 is 0 Å². The molecule has 140 valence electrons. The first-order valence-corrected chi connectivity index (χ1v) is 9.08. The van der Waals surface area contributed by atoms with E-state index in [0.29, 0.717) is 13.2 Å². The summed E-state index contributed by atoms with van der Waals surface area (Å²) in [5.74, 6) is 1.71. The van der Waals surface area contributed by atoms with Crippen molar-refractivity contribution >= 4 is 5.96 Å². The van der Waals surface area contributed by atoms with Crippen molar-refractivity contribution in [3.63, 3.8) is 0 Å². The summed E-state index contributed by atoms with van der Waals surface area (Å²) in [6.07, 6.45) is 0.952. The number of nitrogens with zero attached hydrogens (tertiary/aromatic N) is 1. The minimum atomic E-state index is 0.552. The summed E-state index contributed by atoms with van der Waals surface area (Å²) in [7, 11) is 1.72. The van der Waals surface area contributed by atoms with Crippen molar-refractivity contribution in [3.8, 4) is 5.75 Å². The third-order valence-corrected chi connectivity index (χ3v) is 3.72. The van der Waals surface area contributed by atoms with Gasteiger partial charge in [-0.2, -0.15) is 0 Å². The Morgan fingerprint density at radius 3 is 2.58 bits per heavy atom. The summed E-state index contributed by atoms with van der Waals surface area (Å²) in [5.41, 5.74) is 2.30. The third-order valence-electron chi connectivity index (χ3n) is 3.72. The number of rotatable bonds is 10. The Labute approximate surface area is 156 Å². The van der Waals surface area contributed by atoms with Crippen molar-refractivity contribution in [1.29, 1.82) is 0 Å². The summed E-state index contributed by atoms with van der Waals surface area (Å²) in [6.45, 7) is 5.66. The zero-order valence-electron chi connectivity index (χ0n) is 15.7. The molecule has 26 heavy (non-hydrogen) atoms. The predicted molar refractivity (Wildman–Crippen MR) is 107 cm³/mol. The smallest absolute Gasteiger partial charge is 0.191 e. The summed E-state index contributed by atoms with van der Waals surface area (Å²) >= 11 is 0. The highest BCUT2D eigenvalue weighted by Crippen LogP contribution is 2.13. The van der Waals surface area contributed by atoms with Crippen LogP contribution in [0.5, 0.6) is 5.75 Å². The van der Waals surface area contributed by atoms with Gasteiger partial charge >= 0.3 is 0 Å². The van der Waals surface area contributed by atoms with Crippen molar-refractivity contribution in [2.75, 3.05) is 26.8 Å². The van der Waals surface area contributed by atoms with Gasteiger partial charge in [0.2, 0.25) is 0 Å². The molecule has 0 aliphatic carbocycles. The number of aliphatic imine (C=N–C) groups is 1. The topological polar surface area (TPSA) is 54.9 Å². The third kappa shape index (κ3) is 7.57. The Hall–Kier alpha value is -2.53. The normalized spacial score (nSPS) is 11.2. The standard InChI is InChI=1S/C21H29N3O2/c1-3-22-21(23-13-8-14-25-2)24-16-18-9-7-10-19(15-18)17-26-20-11-5-4-6-12-20/h4-7,9-12,15H,3,8,13-14,16-17H2,1-2H3,(H2,22,23,24). The molecule has 2 rings (SSSR count). The highest BCUT2D eigenvalue weighted by atomic mass is 16.5. The van der Waals surface area contributed by atoms with E-state index in [4.69, 9.17) is 9.47 Å². The molecule has 0 atom stereocenters.